The zero-order valence-electron chi connectivity index (χ0n) is 15.0. The summed E-state index contributed by atoms with van der Waals surface area (Å²) in [4.78, 5) is 12.6. The summed E-state index contributed by atoms with van der Waals surface area (Å²) < 4.78 is 27.4. The average Bonchev–Trinajstić information content (AvgIpc) is 2.64. The molecule has 3 aromatic rings. The third-order valence-corrected chi connectivity index (χ3v) is 6.25. The van der Waals surface area contributed by atoms with Gasteiger partial charge in [-0.1, -0.05) is 52.5 Å². The van der Waals surface area contributed by atoms with Gasteiger partial charge in [-0.25, -0.2) is 8.42 Å². The molecule has 0 aliphatic rings. The summed E-state index contributed by atoms with van der Waals surface area (Å²) in [7, 11) is -3.78. The van der Waals surface area contributed by atoms with E-state index in [1.807, 2.05) is 6.92 Å². The number of hydrogen-bond donors (Lipinski definition) is 2. The van der Waals surface area contributed by atoms with Gasteiger partial charge in [0.2, 0.25) is 0 Å². The van der Waals surface area contributed by atoms with Crippen LogP contribution in [0.1, 0.15) is 15.9 Å². The maximum atomic E-state index is 12.5. The number of rotatable bonds is 5. The molecule has 1 amide bonds. The van der Waals surface area contributed by atoms with Crippen molar-refractivity contribution < 1.29 is 13.2 Å². The Morgan fingerprint density at radius 1 is 0.862 bits per heavy atom. The average molecular weight is 470 g/mol. The molecule has 0 saturated heterocycles. The minimum absolute atomic E-state index is 0.0738. The first-order valence-electron chi connectivity index (χ1n) is 8.31. The lowest BCUT2D eigenvalue weighted by atomic mass is 10.2. The molecule has 0 heterocycles. The van der Waals surface area contributed by atoms with Crippen molar-refractivity contribution in [3.05, 3.63) is 86.9 Å². The number of anilines is 2. The van der Waals surface area contributed by atoms with Crippen LogP contribution in [0.5, 0.6) is 0 Å². The Kier molecular flexibility index (Phi) is 6.39. The summed E-state index contributed by atoms with van der Waals surface area (Å²) in [5.41, 5.74) is 1.67. The predicted octanol–water partition coefficient (Wildman–Crippen LogP) is 6.01. The minimum Gasteiger partial charge on any atom is -0.321 e. The summed E-state index contributed by atoms with van der Waals surface area (Å²) in [6, 6.07) is 15.3. The highest BCUT2D eigenvalue weighted by atomic mass is 35.5. The normalized spacial score (nSPS) is 11.2. The summed E-state index contributed by atoms with van der Waals surface area (Å²) in [6.45, 7) is 1.87. The smallest absolute Gasteiger partial charge is 0.261 e. The van der Waals surface area contributed by atoms with Crippen molar-refractivity contribution in [2.75, 3.05) is 10.0 Å². The van der Waals surface area contributed by atoms with Crippen molar-refractivity contribution in [1.82, 2.24) is 0 Å². The molecule has 0 aliphatic carbocycles. The maximum Gasteiger partial charge on any atom is 0.261 e. The van der Waals surface area contributed by atoms with Gasteiger partial charge in [-0.15, -0.1) is 0 Å². The van der Waals surface area contributed by atoms with E-state index >= 15 is 0 Å². The van der Waals surface area contributed by atoms with Gasteiger partial charge in [0.05, 0.1) is 31.9 Å². The van der Waals surface area contributed by atoms with Crippen molar-refractivity contribution in [2.45, 2.75) is 11.8 Å². The minimum atomic E-state index is -3.78. The zero-order valence-corrected chi connectivity index (χ0v) is 18.1. The summed E-state index contributed by atoms with van der Waals surface area (Å²) in [6.07, 6.45) is 0. The second-order valence-electron chi connectivity index (χ2n) is 6.19. The van der Waals surface area contributed by atoms with E-state index in [-0.39, 0.29) is 21.2 Å². The number of aryl methyl sites for hydroxylation is 1. The van der Waals surface area contributed by atoms with Crippen LogP contribution in [-0.4, -0.2) is 14.3 Å². The van der Waals surface area contributed by atoms with Gasteiger partial charge < -0.3 is 5.32 Å². The molecule has 0 atom stereocenters. The molecular formula is C20H15Cl3N2O3S. The van der Waals surface area contributed by atoms with Crippen LogP contribution in [0.3, 0.4) is 0 Å². The van der Waals surface area contributed by atoms with Crippen LogP contribution in [0.25, 0.3) is 0 Å². The van der Waals surface area contributed by atoms with E-state index in [2.05, 4.69) is 10.0 Å². The van der Waals surface area contributed by atoms with E-state index in [1.165, 1.54) is 36.4 Å². The highest BCUT2D eigenvalue weighted by Crippen LogP contribution is 2.28. The molecule has 0 spiro atoms. The maximum absolute atomic E-state index is 12.5. The van der Waals surface area contributed by atoms with Gasteiger partial charge in [-0.2, -0.15) is 0 Å². The molecule has 9 heteroatoms. The lowest BCUT2D eigenvalue weighted by Crippen LogP contribution is -2.15. The Morgan fingerprint density at radius 2 is 1.55 bits per heavy atom. The van der Waals surface area contributed by atoms with Gasteiger partial charge in [0, 0.05) is 5.02 Å². The molecule has 150 valence electrons. The Balaban J connectivity index is 1.80. The number of carbonyl (C=O) groups is 1. The first kappa shape index (κ1) is 21.5. The van der Waals surface area contributed by atoms with E-state index in [0.29, 0.717) is 15.7 Å². The van der Waals surface area contributed by atoms with Crippen LogP contribution >= 0.6 is 34.8 Å². The van der Waals surface area contributed by atoms with E-state index in [0.717, 1.165) is 5.56 Å². The van der Waals surface area contributed by atoms with Crippen LogP contribution in [0.2, 0.25) is 15.1 Å². The fraction of sp³-hybridized carbons (Fsp3) is 0.0500. The van der Waals surface area contributed by atoms with E-state index in [9.17, 15) is 13.2 Å². The molecule has 0 radical (unpaired) electrons. The van der Waals surface area contributed by atoms with Crippen LogP contribution in [0.4, 0.5) is 11.4 Å². The highest BCUT2D eigenvalue weighted by molar-refractivity contribution is 7.92. The van der Waals surface area contributed by atoms with Gasteiger partial charge >= 0.3 is 0 Å². The number of carbonyl (C=O) groups excluding carboxylic acids is 1. The van der Waals surface area contributed by atoms with Gasteiger partial charge in [0.1, 0.15) is 0 Å². The number of hydrogen-bond acceptors (Lipinski definition) is 3. The second-order valence-corrected chi connectivity index (χ2v) is 9.12. The van der Waals surface area contributed by atoms with E-state index < -0.39 is 15.9 Å². The Hall–Kier alpha value is -2.25. The largest absolute Gasteiger partial charge is 0.321 e. The molecule has 0 unspecified atom stereocenters. The molecule has 5 nitrogen and oxygen atoms in total. The number of halogens is 3. The molecule has 0 saturated carbocycles. The van der Waals surface area contributed by atoms with Crippen molar-refractivity contribution in [1.29, 1.82) is 0 Å². The summed E-state index contributed by atoms with van der Waals surface area (Å²) in [5.74, 6) is -0.507. The third-order valence-electron chi connectivity index (χ3n) is 3.97. The number of amides is 1. The number of nitrogens with one attached hydrogen (secondary N) is 2. The lowest BCUT2D eigenvalue weighted by molar-refractivity contribution is 0.102. The lowest BCUT2D eigenvalue weighted by Gasteiger charge is -2.12. The summed E-state index contributed by atoms with van der Waals surface area (Å²) in [5, 5.41) is 3.44. The molecule has 29 heavy (non-hydrogen) atoms. The first-order valence-corrected chi connectivity index (χ1v) is 10.9. The molecule has 0 aromatic heterocycles. The molecule has 2 N–H and O–H groups in total. The SMILES string of the molecule is Cc1ccc(S(=O)(=O)Nc2ccc(C(=O)Nc3cc(Cl)ccc3Cl)c(Cl)c2)cc1. The van der Waals surface area contributed by atoms with Crippen LogP contribution < -0.4 is 10.0 Å². The fourth-order valence-electron chi connectivity index (χ4n) is 2.48. The van der Waals surface area contributed by atoms with Crippen molar-refractivity contribution >= 4 is 62.1 Å². The van der Waals surface area contributed by atoms with Gasteiger partial charge in [0.25, 0.3) is 15.9 Å². The monoisotopic (exact) mass is 468 g/mol. The van der Waals surface area contributed by atoms with Crippen molar-refractivity contribution in [2.24, 2.45) is 0 Å². The quantitative estimate of drug-likeness (QED) is 0.480. The fourth-order valence-corrected chi connectivity index (χ4v) is 4.13. The molecule has 3 rings (SSSR count). The van der Waals surface area contributed by atoms with Gasteiger partial charge in [-0.05, 0) is 55.5 Å². The molecule has 3 aromatic carbocycles. The van der Waals surface area contributed by atoms with Gasteiger partial charge in [-0.3, -0.25) is 9.52 Å². The van der Waals surface area contributed by atoms with E-state index in [1.54, 1.807) is 24.3 Å². The zero-order chi connectivity index (χ0) is 21.2. The topological polar surface area (TPSA) is 75.3 Å². The number of benzene rings is 3. The molecule has 0 aliphatic heterocycles. The summed E-state index contributed by atoms with van der Waals surface area (Å²) >= 11 is 18.2. The van der Waals surface area contributed by atoms with Crippen LogP contribution in [0.15, 0.2) is 65.6 Å². The molecule has 0 bridgehead atoms. The van der Waals surface area contributed by atoms with Crippen LogP contribution in [-0.2, 0) is 10.0 Å². The Labute approximate surface area is 183 Å². The highest BCUT2D eigenvalue weighted by Gasteiger charge is 2.17. The van der Waals surface area contributed by atoms with Crippen molar-refractivity contribution in [3.8, 4) is 0 Å². The molecule has 0 fully saturated rings. The predicted molar refractivity (Wildman–Crippen MR) is 118 cm³/mol. The number of sulfonamides is 1. The Morgan fingerprint density at radius 3 is 2.21 bits per heavy atom. The van der Waals surface area contributed by atoms with E-state index in [4.69, 9.17) is 34.8 Å². The van der Waals surface area contributed by atoms with Crippen LogP contribution in [0, 0.1) is 6.92 Å². The standard InChI is InChI=1S/C20H15Cl3N2O3S/c1-12-2-6-15(7-3-12)29(27,28)25-14-5-8-16(18(23)11-14)20(26)24-19-10-13(21)4-9-17(19)22/h2-11,25H,1H3,(H,24,26). The first-order chi connectivity index (χ1) is 13.7. The second kappa shape index (κ2) is 8.63. The molecular weight excluding hydrogens is 455 g/mol. The third kappa shape index (κ3) is 5.22. The Bertz CT molecular complexity index is 1180. The van der Waals surface area contributed by atoms with Gasteiger partial charge in [0.15, 0.2) is 0 Å². The van der Waals surface area contributed by atoms with Crippen molar-refractivity contribution in [3.63, 3.8) is 0 Å².